The highest BCUT2D eigenvalue weighted by Gasteiger charge is 2.38. The van der Waals surface area contributed by atoms with Crippen LogP contribution in [0.15, 0.2) is 29.2 Å². The molecule has 0 aliphatic heterocycles. The van der Waals surface area contributed by atoms with Crippen molar-refractivity contribution < 1.29 is 0 Å². The third-order valence-electron chi connectivity index (χ3n) is 4.21. The molecule has 0 aromatic heterocycles. The van der Waals surface area contributed by atoms with Gasteiger partial charge in [0.25, 0.3) is 0 Å². The maximum absolute atomic E-state index is 5.79. The van der Waals surface area contributed by atoms with E-state index in [4.69, 9.17) is 5.73 Å². The highest BCUT2D eigenvalue weighted by molar-refractivity contribution is 7.99. The van der Waals surface area contributed by atoms with Gasteiger partial charge >= 0.3 is 0 Å². The van der Waals surface area contributed by atoms with Crippen molar-refractivity contribution in [3.8, 4) is 0 Å². The van der Waals surface area contributed by atoms with Crippen molar-refractivity contribution in [2.75, 3.05) is 11.5 Å². The number of fused-ring (bicyclic) bond motifs is 2. The predicted octanol–water partition coefficient (Wildman–Crippen LogP) is 3.80. The summed E-state index contributed by atoms with van der Waals surface area (Å²) >= 11 is 1.99. The van der Waals surface area contributed by atoms with E-state index in [1.165, 1.54) is 36.3 Å². The Hall–Kier alpha value is -0.630. The van der Waals surface area contributed by atoms with Crippen LogP contribution in [-0.2, 0) is 0 Å². The second-order valence-electron chi connectivity index (χ2n) is 5.32. The van der Waals surface area contributed by atoms with Crippen LogP contribution in [0.5, 0.6) is 0 Å². The summed E-state index contributed by atoms with van der Waals surface area (Å²) in [6, 6.07) is 8.28. The van der Waals surface area contributed by atoms with Crippen molar-refractivity contribution in [2.24, 2.45) is 17.8 Å². The van der Waals surface area contributed by atoms with Crippen LogP contribution < -0.4 is 5.73 Å². The van der Waals surface area contributed by atoms with Crippen LogP contribution in [-0.4, -0.2) is 5.75 Å². The van der Waals surface area contributed by atoms with Gasteiger partial charge in [-0.3, -0.25) is 0 Å². The number of nitrogen functional groups attached to an aromatic ring is 1. The van der Waals surface area contributed by atoms with E-state index >= 15 is 0 Å². The van der Waals surface area contributed by atoms with Gasteiger partial charge in [0.05, 0.1) is 0 Å². The molecule has 1 aromatic rings. The first kappa shape index (κ1) is 10.5. The number of rotatable bonds is 3. The molecule has 1 nitrogen and oxygen atoms in total. The van der Waals surface area contributed by atoms with Crippen LogP contribution >= 0.6 is 11.8 Å². The number of benzene rings is 1. The topological polar surface area (TPSA) is 26.0 Å². The zero-order valence-corrected chi connectivity index (χ0v) is 10.4. The second-order valence-corrected chi connectivity index (χ2v) is 6.41. The zero-order chi connectivity index (χ0) is 11.0. The first-order valence-corrected chi connectivity index (χ1v) is 7.28. The molecular formula is C14H19NS. The summed E-state index contributed by atoms with van der Waals surface area (Å²) in [6.07, 6.45) is 6.00. The highest BCUT2D eigenvalue weighted by atomic mass is 32.2. The van der Waals surface area contributed by atoms with Crippen LogP contribution in [0.25, 0.3) is 0 Å². The van der Waals surface area contributed by atoms with Crippen molar-refractivity contribution in [3.63, 3.8) is 0 Å². The Morgan fingerprint density at radius 2 is 2.19 bits per heavy atom. The van der Waals surface area contributed by atoms with Gasteiger partial charge in [0, 0.05) is 16.3 Å². The molecule has 3 rings (SSSR count). The molecule has 0 heterocycles. The fraction of sp³-hybridized carbons (Fsp3) is 0.571. The number of thioether (sulfide) groups is 1. The fourth-order valence-corrected chi connectivity index (χ4v) is 4.60. The fourth-order valence-electron chi connectivity index (χ4n) is 3.39. The van der Waals surface area contributed by atoms with E-state index in [1.54, 1.807) is 0 Å². The Kier molecular flexibility index (Phi) is 2.84. The van der Waals surface area contributed by atoms with Gasteiger partial charge in [0.1, 0.15) is 0 Å². The first-order chi connectivity index (χ1) is 7.81. The van der Waals surface area contributed by atoms with E-state index in [-0.39, 0.29) is 0 Å². The lowest BCUT2D eigenvalue weighted by Gasteiger charge is -2.20. The van der Waals surface area contributed by atoms with Crippen molar-refractivity contribution in [1.82, 2.24) is 0 Å². The predicted molar refractivity (Wildman–Crippen MR) is 70.5 cm³/mol. The van der Waals surface area contributed by atoms with Gasteiger partial charge in [-0.2, -0.15) is 0 Å². The van der Waals surface area contributed by atoms with Crippen LogP contribution in [0.1, 0.15) is 25.7 Å². The number of anilines is 1. The Bertz CT molecular complexity index is 377. The minimum atomic E-state index is 0.887. The van der Waals surface area contributed by atoms with Crippen LogP contribution in [0.3, 0.4) is 0 Å². The number of nitrogens with two attached hydrogens (primary N) is 1. The normalized spacial score (nSPS) is 32.1. The SMILES string of the molecule is Nc1cccc(SCC2CC3CCC2C3)c1. The minimum absolute atomic E-state index is 0.887. The molecule has 2 aliphatic rings. The number of hydrogen-bond donors (Lipinski definition) is 1. The van der Waals surface area contributed by atoms with Crippen molar-refractivity contribution >= 4 is 17.4 Å². The zero-order valence-electron chi connectivity index (χ0n) is 9.56. The Labute approximate surface area is 102 Å². The second kappa shape index (κ2) is 4.33. The Morgan fingerprint density at radius 1 is 1.25 bits per heavy atom. The first-order valence-electron chi connectivity index (χ1n) is 6.29. The summed E-state index contributed by atoms with van der Waals surface area (Å²) < 4.78 is 0. The maximum atomic E-state index is 5.79. The third kappa shape index (κ3) is 2.08. The highest BCUT2D eigenvalue weighted by Crippen LogP contribution is 2.49. The summed E-state index contributed by atoms with van der Waals surface area (Å²) in [5, 5.41) is 0. The van der Waals surface area contributed by atoms with Crippen molar-refractivity contribution in [3.05, 3.63) is 24.3 Å². The Balaban J connectivity index is 1.57. The van der Waals surface area contributed by atoms with Gasteiger partial charge in [0.15, 0.2) is 0 Å². The van der Waals surface area contributed by atoms with Gasteiger partial charge in [0.2, 0.25) is 0 Å². The summed E-state index contributed by atoms with van der Waals surface area (Å²) in [7, 11) is 0. The molecular weight excluding hydrogens is 214 g/mol. The van der Waals surface area contributed by atoms with Gasteiger partial charge in [-0.15, -0.1) is 11.8 Å². The van der Waals surface area contributed by atoms with E-state index in [2.05, 4.69) is 18.2 Å². The van der Waals surface area contributed by atoms with Crippen molar-refractivity contribution in [1.29, 1.82) is 0 Å². The molecule has 16 heavy (non-hydrogen) atoms. The van der Waals surface area contributed by atoms with Gasteiger partial charge in [-0.25, -0.2) is 0 Å². The minimum Gasteiger partial charge on any atom is -0.399 e. The molecule has 2 saturated carbocycles. The van der Waals surface area contributed by atoms with Gasteiger partial charge < -0.3 is 5.73 Å². The molecule has 2 heteroatoms. The third-order valence-corrected chi connectivity index (χ3v) is 5.39. The van der Waals surface area contributed by atoms with Gasteiger partial charge in [-0.05, 0) is 55.2 Å². The molecule has 0 saturated heterocycles. The van der Waals surface area contributed by atoms with Crippen molar-refractivity contribution in [2.45, 2.75) is 30.6 Å². The molecule has 2 N–H and O–H groups in total. The summed E-state index contributed by atoms with van der Waals surface area (Å²) in [5.74, 6) is 4.38. The molecule has 2 aliphatic carbocycles. The monoisotopic (exact) mass is 233 g/mol. The lowest BCUT2D eigenvalue weighted by Crippen LogP contribution is -2.12. The van der Waals surface area contributed by atoms with E-state index in [1.807, 2.05) is 17.8 Å². The average molecular weight is 233 g/mol. The van der Waals surface area contributed by atoms with Crippen LogP contribution in [0, 0.1) is 17.8 Å². The maximum Gasteiger partial charge on any atom is 0.0325 e. The lowest BCUT2D eigenvalue weighted by atomic mass is 9.90. The summed E-state index contributed by atoms with van der Waals surface area (Å²) in [5.41, 5.74) is 6.68. The van der Waals surface area contributed by atoms with E-state index in [0.717, 1.165) is 23.4 Å². The van der Waals surface area contributed by atoms with Gasteiger partial charge in [-0.1, -0.05) is 12.5 Å². The number of hydrogen-bond acceptors (Lipinski definition) is 2. The molecule has 2 bridgehead atoms. The molecule has 2 fully saturated rings. The quantitative estimate of drug-likeness (QED) is 0.635. The van der Waals surface area contributed by atoms with E-state index in [0.29, 0.717) is 0 Å². The molecule has 0 spiro atoms. The summed E-state index contributed by atoms with van der Waals surface area (Å²) in [6.45, 7) is 0. The smallest absolute Gasteiger partial charge is 0.0325 e. The Morgan fingerprint density at radius 3 is 2.88 bits per heavy atom. The van der Waals surface area contributed by atoms with E-state index < -0.39 is 0 Å². The van der Waals surface area contributed by atoms with E-state index in [9.17, 15) is 0 Å². The average Bonchev–Trinajstić information content (AvgIpc) is 2.88. The van der Waals surface area contributed by atoms with Crippen LogP contribution in [0.4, 0.5) is 5.69 Å². The largest absolute Gasteiger partial charge is 0.399 e. The van der Waals surface area contributed by atoms with Crippen LogP contribution in [0.2, 0.25) is 0 Å². The molecule has 0 radical (unpaired) electrons. The molecule has 1 aromatic carbocycles. The standard InChI is InChI=1S/C14H19NS/c15-13-2-1-3-14(8-13)16-9-12-7-10-4-5-11(12)6-10/h1-3,8,10-12H,4-7,9,15H2. The summed E-state index contributed by atoms with van der Waals surface area (Å²) in [4.78, 5) is 1.34. The molecule has 3 atom stereocenters. The molecule has 0 amide bonds. The lowest BCUT2D eigenvalue weighted by molar-refractivity contribution is 0.365. The molecule has 3 unspecified atom stereocenters. The molecule has 86 valence electrons.